The van der Waals surface area contributed by atoms with E-state index in [1.54, 1.807) is 0 Å². The number of nitrogens with zero attached hydrogens (tertiary/aromatic N) is 3. The van der Waals surface area contributed by atoms with Crippen molar-refractivity contribution in [3.8, 4) is 55.9 Å². The predicted octanol–water partition coefficient (Wildman–Crippen LogP) is 10.2. The van der Waals surface area contributed by atoms with Crippen LogP contribution in [0.3, 0.4) is 0 Å². The largest absolute Gasteiger partial charge is 0.299 e. The van der Waals surface area contributed by atoms with Gasteiger partial charge in [0.1, 0.15) is 5.65 Å². The van der Waals surface area contributed by atoms with Crippen molar-refractivity contribution < 1.29 is 0 Å². The minimum absolute atomic E-state index is 0.935. The van der Waals surface area contributed by atoms with Crippen LogP contribution in [0.2, 0.25) is 0 Å². The summed E-state index contributed by atoms with van der Waals surface area (Å²) in [5.74, 6) is 0. The lowest BCUT2D eigenvalue weighted by Gasteiger charge is -2.13. The van der Waals surface area contributed by atoms with Crippen LogP contribution in [-0.4, -0.2) is 14.4 Å². The molecule has 3 heteroatoms. The van der Waals surface area contributed by atoms with E-state index in [1.807, 2.05) is 24.5 Å². The predicted molar refractivity (Wildman–Crippen MR) is 178 cm³/mol. The summed E-state index contributed by atoms with van der Waals surface area (Å²) in [5, 5.41) is 2.49. The van der Waals surface area contributed by atoms with Gasteiger partial charge in [-0.25, -0.2) is 4.98 Å². The lowest BCUT2D eigenvalue weighted by molar-refractivity contribution is 1.19. The summed E-state index contributed by atoms with van der Waals surface area (Å²) < 4.78 is 2.17. The minimum Gasteiger partial charge on any atom is -0.299 e. The van der Waals surface area contributed by atoms with E-state index in [2.05, 4.69) is 149 Å². The number of hydrogen-bond donors (Lipinski definition) is 0. The molecule has 0 saturated carbocycles. The summed E-state index contributed by atoms with van der Waals surface area (Å²) in [4.78, 5) is 9.30. The Bertz CT molecular complexity index is 2210. The van der Waals surface area contributed by atoms with Gasteiger partial charge in [-0.15, -0.1) is 0 Å². The summed E-state index contributed by atoms with van der Waals surface area (Å²) in [6, 6.07) is 51.6. The molecule has 0 radical (unpaired) electrons. The van der Waals surface area contributed by atoms with Crippen LogP contribution in [0.15, 0.2) is 164 Å². The molecule has 0 fully saturated rings. The number of imidazole rings is 1. The van der Waals surface area contributed by atoms with Crippen molar-refractivity contribution in [2.24, 2.45) is 0 Å². The molecule has 202 valence electrons. The van der Waals surface area contributed by atoms with Crippen LogP contribution < -0.4 is 0 Å². The molecule has 0 N–H and O–H groups in total. The van der Waals surface area contributed by atoms with Gasteiger partial charge in [0, 0.05) is 29.7 Å². The SMILES string of the molecule is c1ccc(-c2c(-c3ccc(-c4cc(-c5ccncc5)cc(-c5cccc6ccccc56)c4)cc3)nc3ccccn23)cc1. The van der Waals surface area contributed by atoms with Gasteiger partial charge in [0.15, 0.2) is 0 Å². The normalized spacial score (nSPS) is 11.3. The van der Waals surface area contributed by atoms with Crippen LogP contribution in [0.4, 0.5) is 0 Å². The van der Waals surface area contributed by atoms with Crippen LogP contribution >= 0.6 is 0 Å². The van der Waals surface area contributed by atoms with Gasteiger partial charge in [-0.1, -0.05) is 103 Å². The number of pyridine rings is 2. The number of aromatic nitrogens is 3. The van der Waals surface area contributed by atoms with Crippen LogP contribution in [0.5, 0.6) is 0 Å². The van der Waals surface area contributed by atoms with Gasteiger partial charge < -0.3 is 0 Å². The van der Waals surface area contributed by atoms with Gasteiger partial charge in [0.05, 0.1) is 11.4 Å². The Balaban J connectivity index is 1.27. The lowest BCUT2D eigenvalue weighted by Crippen LogP contribution is -1.90. The zero-order chi connectivity index (χ0) is 28.6. The molecule has 8 rings (SSSR count). The molecular formula is C40H27N3. The average Bonchev–Trinajstić information content (AvgIpc) is 3.48. The quantitative estimate of drug-likeness (QED) is 0.214. The summed E-state index contributed by atoms with van der Waals surface area (Å²) >= 11 is 0. The monoisotopic (exact) mass is 549 g/mol. The smallest absolute Gasteiger partial charge is 0.137 e. The van der Waals surface area contributed by atoms with Crippen molar-refractivity contribution in [2.75, 3.05) is 0 Å². The van der Waals surface area contributed by atoms with Gasteiger partial charge in [-0.05, 0) is 86.6 Å². The Labute approximate surface area is 250 Å². The maximum Gasteiger partial charge on any atom is 0.137 e. The third-order valence-electron chi connectivity index (χ3n) is 8.12. The summed E-state index contributed by atoms with van der Waals surface area (Å²) in [6.45, 7) is 0. The Morgan fingerprint density at radius 2 is 1.09 bits per heavy atom. The first kappa shape index (κ1) is 25.0. The standard InChI is InChI=1S/C40H27N3/c1-2-10-32(11-3-1)40-39(42-38-15-6-7-24-43(38)40)31-18-16-28(17-19-31)33-25-34(29-20-22-41-23-21-29)27-35(26-33)37-14-8-12-30-9-4-5-13-36(30)37/h1-27H. The first-order valence-corrected chi connectivity index (χ1v) is 14.5. The summed E-state index contributed by atoms with van der Waals surface area (Å²) in [7, 11) is 0. The van der Waals surface area contributed by atoms with E-state index in [0.717, 1.165) is 39.3 Å². The fraction of sp³-hybridized carbons (Fsp3) is 0. The molecule has 0 amide bonds. The van der Waals surface area contributed by atoms with Crippen molar-refractivity contribution in [3.63, 3.8) is 0 Å². The van der Waals surface area contributed by atoms with Gasteiger partial charge in [-0.2, -0.15) is 0 Å². The zero-order valence-corrected chi connectivity index (χ0v) is 23.4. The van der Waals surface area contributed by atoms with Crippen molar-refractivity contribution in [2.45, 2.75) is 0 Å². The molecule has 43 heavy (non-hydrogen) atoms. The van der Waals surface area contributed by atoms with Crippen molar-refractivity contribution in [1.82, 2.24) is 14.4 Å². The van der Waals surface area contributed by atoms with E-state index in [0.29, 0.717) is 0 Å². The molecular weight excluding hydrogens is 522 g/mol. The van der Waals surface area contributed by atoms with Crippen LogP contribution in [0.25, 0.3) is 72.3 Å². The van der Waals surface area contributed by atoms with Crippen LogP contribution in [0, 0.1) is 0 Å². The molecule has 3 heterocycles. The second-order valence-electron chi connectivity index (χ2n) is 10.7. The first-order valence-electron chi connectivity index (χ1n) is 14.5. The third-order valence-corrected chi connectivity index (χ3v) is 8.12. The molecule has 0 atom stereocenters. The number of benzene rings is 5. The lowest BCUT2D eigenvalue weighted by atomic mass is 9.91. The van der Waals surface area contributed by atoms with Gasteiger partial charge in [0.2, 0.25) is 0 Å². The molecule has 0 aliphatic heterocycles. The Kier molecular flexibility index (Phi) is 6.12. The van der Waals surface area contributed by atoms with Crippen molar-refractivity contribution in [3.05, 3.63) is 164 Å². The van der Waals surface area contributed by atoms with Crippen LogP contribution in [0.1, 0.15) is 0 Å². The Hall–Kier alpha value is -5.80. The van der Waals surface area contributed by atoms with E-state index in [1.165, 1.54) is 33.0 Å². The van der Waals surface area contributed by atoms with E-state index in [4.69, 9.17) is 4.98 Å². The van der Waals surface area contributed by atoms with Gasteiger partial charge >= 0.3 is 0 Å². The molecule has 8 aromatic rings. The molecule has 0 aliphatic rings. The number of rotatable bonds is 5. The molecule has 0 saturated heterocycles. The number of fused-ring (bicyclic) bond motifs is 2. The second kappa shape index (κ2) is 10.6. The fourth-order valence-electron chi connectivity index (χ4n) is 6.03. The topological polar surface area (TPSA) is 30.2 Å². The molecule has 0 unspecified atom stereocenters. The summed E-state index contributed by atoms with van der Waals surface area (Å²) in [6.07, 6.45) is 5.79. The molecule has 3 nitrogen and oxygen atoms in total. The van der Waals surface area contributed by atoms with E-state index >= 15 is 0 Å². The number of hydrogen-bond acceptors (Lipinski definition) is 2. The second-order valence-corrected chi connectivity index (χ2v) is 10.7. The van der Waals surface area contributed by atoms with Gasteiger partial charge in [0.25, 0.3) is 0 Å². The summed E-state index contributed by atoms with van der Waals surface area (Å²) in [5.41, 5.74) is 12.3. The molecule has 0 aliphatic carbocycles. The Morgan fingerprint density at radius 3 is 1.91 bits per heavy atom. The maximum absolute atomic E-state index is 5.06. The van der Waals surface area contributed by atoms with Crippen LogP contribution in [-0.2, 0) is 0 Å². The molecule has 0 spiro atoms. The maximum atomic E-state index is 5.06. The van der Waals surface area contributed by atoms with Crippen molar-refractivity contribution in [1.29, 1.82) is 0 Å². The Morgan fingerprint density at radius 1 is 0.442 bits per heavy atom. The van der Waals surface area contributed by atoms with Gasteiger partial charge in [-0.3, -0.25) is 9.38 Å². The fourth-order valence-corrected chi connectivity index (χ4v) is 6.03. The average molecular weight is 550 g/mol. The zero-order valence-electron chi connectivity index (χ0n) is 23.4. The highest BCUT2D eigenvalue weighted by Gasteiger charge is 2.16. The minimum atomic E-state index is 0.935. The van der Waals surface area contributed by atoms with E-state index < -0.39 is 0 Å². The molecule has 5 aromatic carbocycles. The first-order chi connectivity index (χ1) is 21.3. The molecule has 3 aromatic heterocycles. The van der Waals surface area contributed by atoms with Crippen molar-refractivity contribution >= 4 is 16.4 Å². The molecule has 0 bridgehead atoms. The highest BCUT2D eigenvalue weighted by molar-refractivity contribution is 5.98. The third kappa shape index (κ3) is 4.58. The highest BCUT2D eigenvalue weighted by Crippen LogP contribution is 2.37. The van der Waals surface area contributed by atoms with E-state index in [-0.39, 0.29) is 0 Å². The highest BCUT2D eigenvalue weighted by atomic mass is 15.0. The van der Waals surface area contributed by atoms with E-state index in [9.17, 15) is 0 Å².